The molecule has 0 saturated heterocycles. The van der Waals surface area contributed by atoms with Crippen molar-refractivity contribution in [2.24, 2.45) is 7.05 Å². The lowest BCUT2D eigenvalue weighted by Crippen LogP contribution is -2.16. The van der Waals surface area contributed by atoms with Crippen molar-refractivity contribution in [1.82, 2.24) is 4.57 Å². The van der Waals surface area contributed by atoms with E-state index in [0.717, 1.165) is 0 Å². The van der Waals surface area contributed by atoms with Crippen molar-refractivity contribution in [3.63, 3.8) is 0 Å². The number of aryl methyl sites for hydroxylation is 1. The molecular formula is C19H18ClNO4S. The Balaban J connectivity index is 2.43. The van der Waals surface area contributed by atoms with Crippen molar-refractivity contribution in [3.05, 3.63) is 58.0 Å². The molecule has 0 amide bonds. The van der Waals surface area contributed by atoms with Gasteiger partial charge >= 0.3 is 0 Å². The average molecular weight is 392 g/mol. The Morgan fingerprint density at radius 3 is 2.46 bits per heavy atom. The molecule has 0 saturated carbocycles. The zero-order valence-corrected chi connectivity index (χ0v) is 16.2. The van der Waals surface area contributed by atoms with Crippen LogP contribution in [0.1, 0.15) is 6.92 Å². The summed E-state index contributed by atoms with van der Waals surface area (Å²) in [7, 11) is -0.214. The Labute approximate surface area is 156 Å². The molecule has 0 fully saturated rings. The number of methoxy groups -OCH3 is 1. The highest BCUT2D eigenvalue weighted by molar-refractivity contribution is 7.91. The molecule has 2 aromatic carbocycles. The number of sulfone groups is 1. The monoisotopic (exact) mass is 391 g/mol. The molecule has 0 atom stereocenters. The molecule has 3 aromatic rings. The first-order valence-electron chi connectivity index (χ1n) is 7.98. The van der Waals surface area contributed by atoms with Crippen LogP contribution in [-0.2, 0) is 16.9 Å². The van der Waals surface area contributed by atoms with Gasteiger partial charge in [0.15, 0.2) is 9.84 Å². The summed E-state index contributed by atoms with van der Waals surface area (Å²) >= 11 is 6.13. The predicted octanol–water partition coefficient (Wildman–Crippen LogP) is 3.66. The second-order valence-corrected chi connectivity index (χ2v) is 8.63. The first-order chi connectivity index (χ1) is 12.3. The standard InChI is InChI=1S/C19H18ClNO4S/c1-4-26(23,24)13-6-8-18(25-3)16(10-13)17-11-21(2)19(22)14-7-5-12(20)9-15(14)17/h5-11H,4H2,1-3H3. The van der Waals surface area contributed by atoms with Gasteiger partial charge in [-0.2, -0.15) is 0 Å². The molecule has 0 unspecified atom stereocenters. The molecule has 1 aromatic heterocycles. The fourth-order valence-electron chi connectivity index (χ4n) is 2.91. The molecule has 0 spiro atoms. The topological polar surface area (TPSA) is 65.4 Å². The third kappa shape index (κ3) is 3.10. The fraction of sp³-hybridized carbons (Fsp3) is 0.211. The number of nitrogens with zero attached hydrogens (tertiary/aromatic N) is 1. The average Bonchev–Trinajstić information content (AvgIpc) is 2.64. The summed E-state index contributed by atoms with van der Waals surface area (Å²) in [6, 6.07) is 9.76. The Morgan fingerprint density at radius 2 is 1.81 bits per heavy atom. The van der Waals surface area contributed by atoms with E-state index in [2.05, 4.69) is 0 Å². The van der Waals surface area contributed by atoms with Crippen LogP contribution in [0.5, 0.6) is 5.75 Å². The van der Waals surface area contributed by atoms with Crippen molar-refractivity contribution < 1.29 is 13.2 Å². The Hall–Kier alpha value is -2.31. The van der Waals surface area contributed by atoms with Crippen molar-refractivity contribution in [2.75, 3.05) is 12.9 Å². The molecular weight excluding hydrogens is 374 g/mol. The number of aromatic nitrogens is 1. The molecule has 0 bridgehead atoms. The molecule has 1 heterocycles. The molecule has 0 aliphatic carbocycles. The number of halogens is 1. The van der Waals surface area contributed by atoms with Crippen molar-refractivity contribution in [2.45, 2.75) is 11.8 Å². The van der Waals surface area contributed by atoms with Crippen LogP contribution in [0.25, 0.3) is 21.9 Å². The van der Waals surface area contributed by atoms with Crippen LogP contribution in [-0.4, -0.2) is 25.8 Å². The zero-order valence-electron chi connectivity index (χ0n) is 14.6. The van der Waals surface area contributed by atoms with Gasteiger partial charge in [-0.1, -0.05) is 18.5 Å². The van der Waals surface area contributed by atoms with Crippen molar-refractivity contribution in [1.29, 1.82) is 0 Å². The van der Waals surface area contributed by atoms with E-state index < -0.39 is 9.84 Å². The van der Waals surface area contributed by atoms with E-state index >= 15 is 0 Å². The highest BCUT2D eigenvalue weighted by Gasteiger charge is 2.18. The maximum atomic E-state index is 12.4. The number of pyridine rings is 1. The second kappa shape index (κ2) is 6.78. The van der Waals surface area contributed by atoms with E-state index in [1.165, 1.54) is 17.7 Å². The van der Waals surface area contributed by atoms with Crippen molar-refractivity contribution >= 4 is 32.2 Å². The van der Waals surface area contributed by atoms with Crippen LogP contribution in [0.15, 0.2) is 52.3 Å². The quantitative estimate of drug-likeness (QED) is 0.680. The van der Waals surface area contributed by atoms with Gasteiger partial charge in [-0.15, -0.1) is 0 Å². The predicted molar refractivity (Wildman–Crippen MR) is 104 cm³/mol. The molecule has 136 valence electrons. The number of rotatable bonds is 4. The van der Waals surface area contributed by atoms with Crippen LogP contribution in [0.3, 0.4) is 0 Å². The number of ether oxygens (including phenoxy) is 1. The largest absolute Gasteiger partial charge is 0.496 e. The smallest absolute Gasteiger partial charge is 0.258 e. The van der Waals surface area contributed by atoms with Gasteiger partial charge < -0.3 is 9.30 Å². The second-order valence-electron chi connectivity index (χ2n) is 5.91. The first-order valence-corrected chi connectivity index (χ1v) is 10.0. The molecule has 0 aliphatic heterocycles. The Kier molecular flexibility index (Phi) is 4.82. The van der Waals surface area contributed by atoms with Crippen LogP contribution in [0.4, 0.5) is 0 Å². The lowest BCUT2D eigenvalue weighted by molar-refractivity contribution is 0.416. The molecule has 26 heavy (non-hydrogen) atoms. The minimum Gasteiger partial charge on any atom is -0.496 e. The zero-order chi connectivity index (χ0) is 19.1. The van der Waals surface area contributed by atoms with Gasteiger partial charge in [0.25, 0.3) is 5.56 Å². The summed E-state index contributed by atoms with van der Waals surface area (Å²) in [4.78, 5) is 12.7. The highest BCUT2D eigenvalue weighted by Crippen LogP contribution is 2.36. The molecule has 0 radical (unpaired) electrons. The van der Waals surface area contributed by atoms with E-state index in [9.17, 15) is 13.2 Å². The maximum Gasteiger partial charge on any atom is 0.258 e. The van der Waals surface area contributed by atoms with Crippen molar-refractivity contribution in [3.8, 4) is 16.9 Å². The molecule has 0 N–H and O–H groups in total. The minimum atomic E-state index is -3.38. The third-order valence-corrected chi connectivity index (χ3v) is 6.31. The summed E-state index contributed by atoms with van der Waals surface area (Å²) in [6.45, 7) is 1.60. The van der Waals surface area contributed by atoms with Crippen LogP contribution < -0.4 is 10.3 Å². The summed E-state index contributed by atoms with van der Waals surface area (Å²) in [5.74, 6) is 0.512. The number of fused-ring (bicyclic) bond motifs is 1. The fourth-order valence-corrected chi connectivity index (χ4v) is 3.99. The Bertz CT molecular complexity index is 1170. The SMILES string of the molecule is CCS(=O)(=O)c1ccc(OC)c(-c2cn(C)c(=O)c3ccc(Cl)cc23)c1. The summed E-state index contributed by atoms with van der Waals surface area (Å²) in [5.41, 5.74) is 1.11. The van der Waals surface area contributed by atoms with Crippen LogP contribution >= 0.6 is 11.6 Å². The molecule has 5 nitrogen and oxygen atoms in total. The van der Waals surface area contributed by atoms with Gasteiger partial charge in [0.2, 0.25) is 0 Å². The first kappa shape index (κ1) is 18.5. The van der Waals surface area contributed by atoms with Crippen LogP contribution in [0, 0.1) is 0 Å². The van der Waals surface area contributed by atoms with Gasteiger partial charge in [0.1, 0.15) is 5.75 Å². The van der Waals surface area contributed by atoms with Gasteiger partial charge in [0, 0.05) is 34.8 Å². The van der Waals surface area contributed by atoms with Gasteiger partial charge in [-0.25, -0.2) is 8.42 Å². The van der Waals surface area contributed by atoms with E-state index in [4.69, 9.17) is 16.3 Å². The van der Waals surface area contributed by atoms with Gasteiger partial charge in [-0.3, -0.25) is 4.79 Å². The van der Waals surface area contributed by atoms with E-state index in [-0.39, 0.29) is 16.2 Å². The lowest BCUT2D eigenvalue weighted by atomic mass is 10.00. The summed E-state index contributed by atoms with van der Waals surface area (Å²) < 4.78 is 31.5. The third-order valence-electron chi connectivity index (χ3n) is 4.35. The number of benzene rings is 2. The Morgan fingerprint density at radius 1 is 1.08 bits per heavy atom. The summed E-state index contributed by atoms with van der Waals surface area (Å²) in [5, 5.41) is 1.63. The van der Waals surface area contributed by atoms with Gasteiger partial charge in [-0.05, 0) is 41.8 Å². The molecule has 7 heteroatoms. The van der Waals surface area contributed by atoms with Gasteiger partial charge in [0.05, 0.1) is 17.8 Å². The minimum absolute atomic E-state index is 0.00137. The van der Waals surface area contributed by atoms with Crippen LogP contribution in [0.2, 0.25) is 5.02 Å². The van der Waals surface area contributed by atoms with E-state index in [1.54, 1.807) is 50.5 Å². The number of hydrogen-bond acceptors (Lipinski definition) is 4. The molecule has 3 rings (SSSR count). The van der Waals surface area contributed by atoms with E-state index in [1.807, 2.05) is 0 Å². The molecule has 0 aliphatic rings. The lowest BCUT2D eigenvalue weighted by Gasteiger charge is -2.14. The summed E-state index contributed by atoms with van der Waals surface area (Å²) in [6.07, 6.45) is 1.67. The maximum absolute atomic E-state index is 12.4. The number of hydrogen-bond donors (Lipinski definition) is 0. The normalized spacial score (nSPS) is 11.7. The van der Waals surface area contributed by atoms with E-state index in [0.29, 0.717) is 32.7 Å². The highest BCUT2D eigenvalue weighted by atomic mass is 35.5.